The number of carbonyl (C=O) groups excluding carboxylic acids is 1. The van der Waals surface area contributed by atoms with E-state index in [4.69, 9.17) is 16.3 Å². The Bertz CT molecular complexity index is 336. The summed E-state index contributed by atoms with van der Waals surface area (Å²) in [5.74, 6) is 0.536. The molecule has 1 aromatic carbocycles. The van der Waals surface area contributed by atoms with E-state index in [9.17, 15) is 9.90 Å². The van der Waals surface area contributed by atoms with E-state index in [2.05, 4.69) is 0 Å². The molecule has 76 valence electrons. The third-order valence-corrected chi connectivity index (χ3v) is 2.02. The van der Waals surface area contributed by atoms with Gasteiger partial charge in [0.25, 0.3) is 0 Å². The van der Waals surface area contributed by atoms with Gasteiger partial charge < -0.3 is 9.84 Å². The second kappa shape index (κ2) is 4.86. The average molecular weight is 215 g/mol. The number of methoxy groups -OCH3 is 1. The van der Waals surface area contributed by atoms with Gasteiger partial charge in [-0.1, -0.05) is 0 Å². The van der Waals surface area contributed by atoms with Crippen LogP contribution in [-0.4, -0.2) is 23.9 Å². The number of benzene rings is 1. The standard InChI is InChI=1S/C10H11ClO3/c1-14-7-2-3-8(10(13)6-7)9(12)4-5-11/h2-3,6,13H,4-5H2,1H3. The molecular weight excluding hydrogens is 204 g/mol. The van der Waals surface area contributed by atoms with E-state index >= 15 is 0 Å². The molecule has 1 N–H and O–H groups in total. The summed E-state index contributed by atoms with van der Waals surface area (Å²) in [6, 6.07) is 4.56. The van der Waals surface area contributed by atoms with Gasteiger partial charge in [0.2, 0.25) is 0 Å². The van der Waals surface area contributed by atoms with Crippen LogP contribution in [0.1, 0.15) is 16.8 Å². The van der Waals surface area contributed by atoms with Gasteiger partial charge in [-0.15, -0.1) is 11.6 Å². The number of phenolic OH excluding ortho intramolecular Hbond substituents is 1. The molecule has 0 fully saturated rings. The topological polar surface area (TPSA) is 46.5 Å². The highest BCUT2D eigenvalue weighted by molar-refractivity contribution is 6.19. The van der Waals surface area contributed by atoms with E-state index in [1.54, 1.807) is 6.07 Å². The van der Waals surface area contributed by atoms with Crippen LogP contribution >= 0.6 is 11.6 Å². The van der Waals surface area contributed by atoms with Crippen LogP contribution in [0.15, 0.2) is 18.2 Å². The van der Waals surface area contributed by atoms with E-state index in [0.29, 0.717) is 5.75 Å². The Balaban J connectivity index is 2.94. The molecule has 1 aromatic rings. The van der Waals surface area contributed by atoms with Crippen molar-refractivity contribution >= 4 is 17.4 Å². The summed E-state index contributed by atoms with van der Waals surface area (Å²) in [4.78, 5) is 11.4. The Kier molecular flexibility index (Phi) is 3.77. The highest BCUT2D eigenvalue weighted by atomic mass is 35.5. The molecule has 0 radical (unpaired) electrons. The predicted molar refractivity (Wildman–Crippen MR) is 54.3 cm³/mol. The van der Waals surface area contributed by atoms with Gasteiger partial charge >= 0.3 is 0 Å². The summed E-state index contributed by atoms with van der Waals surface area (Å²) in [5.41, 5.74) is 0.284. The molecule has 0 atom stereocenters. The number of hydrogen-bond donors (Lipinski definition) is 1. The second-order valence-corrected chi connectivity index (χ2v) is 3.12. The van der Waals surface area contributed by atoms with Crippen LogP contribution in [0.2, 0.25) is 0 Å². The van der Waals surface area contributed by atoms with Crippen LogP contribution in [-0.2, 0) is 0 Å². The first-order chi connectivity index (χ1) is 6.69. The van der Waals surface area contributed by atoms with Gasteiger partial charge in [-0.25, -0.2) is 0 Å². The number of ketones is 1. The highest BCUT2D eigenvalue weighted by Crippen LogP contribution is 2.24. The van der Waals surface area contributed by atoms with Crippen molar-refractivity contribution in [2.75, 3.05) is 13.0 Å². The molecule has 0 heterocycles. The lowest BCUT2D eigenvalue weighted by atomic mass is 10.1. The van der Waals surface area contributed by atoms with Crippen LogP contribution in [0.25, 0.3) is 0 Å². The second-order valence-electron chi connectivity index (χ2n) is 2.75. The van der Waals surface area contributed by atoms with Crippen molar-refractivity contribution in [2.45, 2.75) is 6.42 Å². The normalized spacial score (nSPS) is 9.86. The number of rotatable bonds is 4. The minimum Gasteiger partial charge on any atom is -0.507 e. The van der Waals surface area contributed by atoms with Crippen molar-refractivity contribution < 1.29 is 14.6 Å². The zero-order valence-corrected chi connectivity index (χ0v) is 8.54. The highest BCUT2D eigenvalue weighted by Gasteiger charge is 2.10. The van der Waals surface area contributed by atoms with E-state index < -0.39 is 0 Å². The molecular formula is C10H11ClO3. The fourth-order valence-electron chi connectivity index (χ4n) is 1.09. The lowest BCUT2D eigenvalue weighted by Crippen LogP contribution is -2.00. The molecule has 0 saturated heterocycles. The van der Waals surface area contributed by atoms with Crippen molar-refractivity contribution in [3.63, 3.8) is 0 Å². The van der Waals surface area contributed by atoms with Gasteiger partial charge in [-0.05, 0) is 12.1 Å². The van der Waals surface area contributed by atoms with E-state index in [1.807, 2.05) is 0 Å². The minimum atomic E-state index is -0.167. The molecule has 0 aromatic heterocycles. The Morgan fingerprint density at radius 1 is 1.57 bits per heavy atom. The van der Waals surface area contributed by atoms with E-state index in [0.717, 1.165) is 0 Å². The smallest absolute Gasteiger partial charge is 0.167 e. The molecule has 0 aliphatic rings. The third kappa shape index (κ3) is 2.39. The first-order valence-electron chi connectivity index (χ1n) is 4.15. The Morgan fingerprint density at radius 2 is 2.29 bits per heavy atom. The summed E-state index contributed by atoms with van der Waals surface area (Å²) in [6.45, 7) is 0. The van der Waals surface area contributed by atoms with Crippen molar-refractivity contribution in [3.05, 3.63) is 23.8 Å². The van der Waals surface area contributed by atoms with Crippen LogP contribution in [0.4, 0.5) is 0 Å². The lowest BCUT2D eigenvalue weighted by molar-refractivity contribution is 0.0986. The first kappa shape index (κ1) is 10.9. The van der Waals surface area contributed by atoms with Gasteiger partial charge in [-0.2, -0.15) is 0 Å². The molecule has 1 rings (SSSR count). The zero-order valence-electron chi connectivity index (χ0n) is 7.79. The van der Waals surface area contributed by atoms with E-state index in [-0.39, 0.29) is 29.4 Å². The maximum atomic E-state index is 11.4. The molecule has 0 saturated carbocycles. The van der Waals surface area contributed by atoms with Gasteiger partial charge in [0.1, 0.15) is 11.5 Å². The number of aromatic hydroxyl groups is 1. The lowest BCUT2D eigenvalue weighted by Gasteiger charge is -2.04. The minimum absolute atomic E-state index is 0.0699. The van der Waals surface area contributed by atoms with Crippen molar-refractivity contribution in [1.29, 1.82) is 0 Å². The van der Waals surface area contributed by atoms with Gasteiger partial charge in [-0.3, -0.25) is 4.79 Å². The SMILES string of the molecule is COc1ccc(C(=O)CCCl)c(O)c1. The zero-order chi connectivity index (χ0) is 10.6. The molecule has 3 nitrogen and oxygen atoms in total. The quantitative estimate of drug-likeness (QED) is 0.618. The number of phenols is 1. The monoisotopic (exact) mass is 214 g/mol. The number of Topliss-reactive ketones (excluding diaryl/α,β-unsaturated/α-hetero) is 1. The van der Waals surface area contributed by atoms with Crippen LogP contribution in [0.3, 0.4) is 0 Å². The molecule has 4 heteroatoms. The number of ether oxygens (including phenoxy) is 1. The first-order valence-corrected chi connectivity index (χ1v) is 4.68. The van der Waals surface area contributed by atoms with Gasteiger partial charge in [0, 0.05) is 18.4 Å². The van der Waals surface area contributed by atoms with Crippen LogP contribution < -0.4 is 4.74 Å². The Hall–Kier alpha value is -1.22. The summed E-state index contributed by atoms with van der Waals surface area (Å²) in [5, 5.41) is 9.48. The largest absolute Gasteiger partial charge is 0.507 e. The average Bonchev–Trinajstić information content (AvgIpc) is 2.17. The predicted octanol–water partition coefficient (Wildman–Crippen LogP) is 2.21. The maximum absolute atomic E-state index is 11.4. The summed E-state index contributed by atoms with van der Waals surface area (Å²) in [7, 11) is 1.50. The van der Waals surface area contributed by atoms with E-state index in [1.165, 1.54) is 19.2 Å². The van der Waals surface area contributed by atoms with Crippen molar-refractivity contribution in [3.8, 4) is 11.5 Å². The Labute approximate surface area is 87.3 Å². The molecule has 0 aliphatic carbocycles. The molecule has 0 amide bonds. The number of hydrogen-bond acceptors (Lipinski definition) is 3. The Morgan fingerprint density at radius 3 is 2.79 bits per heavy atom. The molecule has 14 heavy (non-hydrogen) atoms. The molecule has 0 aliphatic heterocycles. The molecule has 0 unspecified atom stereocenters. The third-order valence-electron chi connectivity index (χ3n) is 1.83. The van der Waals surface area contributed by atoms with Gasteiger partial charge in [0.05, 0.1) is 12.7 Å². The summed E-state index contributed by atoms with van der Waals surface area (Å²) in [6.07, 6.45) is 0.224. The maximum Gasteiger partial charge on any atom is 0.167 e. The number of halogens is 1. The van der Waals surface area contributed by atoms with Crippen LogP contribution in [0, 0.1) is 0 Å². The number of carbonyl (C=O) groups is 1. The summed E-state index contributed by atoms with van der Waals surface area (Å²) < 4.78 is 4.89. The molecule has 0 bridgehead atoms. The summed E-state index contributed by atoms with van der Waals surface area (Å²) >= 11 is 5.43. The number of alkyl halides is 1. The fraction of sp³-hybridized carbons (Fsp3) is 0.300. The van der Waals surface area contributed by atoms with Crippen LogP contribution in [0.5, 0.6) is 11.5 Å². The van der Waals surface area contributed by atoms with Gasteiger partial charge in [0.15, 0.2) is 5.78 Å². The fourth-order valence-corrected chi connectivity index (χ4v) is 1.27. The molecule has 0 spiro atoms. The van der Waals surface area contributed by atoms with Crippen molar-refractivity contribution in [2.24, 2.45) is 0 Å². The van der Waals surface area contributed by atoms with Crippen molar-refractivity contribution in [1.82, 2.24) is 0 Å².